The standard InChI is InChI=1S/C11H18S.C6H13N.2C2H6/c1-4-6-10(9(2)3)11-7-5-8-12-11;1-2-4-6-7-5-3-1;2*1-2/h5,7-10H,4,6H2,1-3H3;7H,1-6H2;2*1-2H3. The summed E-state index contributed by atoms with van der Waals surface area (Å²) < 4.78 is 0. The number of rotatable bonds is 4. The zero-order valence-corrected chi connectivity index (χ0v) is 17.8. The molecule has 1 atom stereocenters. The van der Waals surface area contributed by atoms with Gasteiger partial charge in [-0.1, -0.05) is 73.8 Å². The highest BCUT2D eigenvalue weighted by atomic mass is 32.1. The molecule has 1 saturated heterocycles. The molecule has 1 nitrogen and oxygen atoms in total. The third-order valence-corrected chi connectivity index (χ3v) is 4.77. The molecule has 1 fully saturated rings. The van der Waals surface area contributed by atoms with Crippen LogP contribution in [0.2, 0.25) is 0 Å². The number of hydrogen-bond donors (Lipinski definition) is 1. The average molecular weight is 342 g/mol. The summed E-state index contributed by atoms with van der Waals surface area (Å²) in [6, 6.07) is 4.43. The molecule has 138 valence electrons. The van der Waals surface area contributed by atoms with Crippen LogP contribution in [0, 0.1) is 5.92 Å². The first-order valence-corrected chi connectivity index (χ1v) is 10.9. The third kappa shape index (κ3) is 13.8. The van der Waals surface area contributed by atoms with Crippen LogP contribution < -0.4 is 5.32 Å². The fourth-order valence-electron chi connectivity index (χ4n) is 2.60. The van der Waals surface area contributed by atoms with E-state index in [9.17, 15) is 0 Å². The van der Waals surface area contributed by atoms with Gasteiger partial charge in [-0.25, -0.2) is 0 Å². The van der Waals surface area contributed by atoms with Crippen LogP contribution >= 0.6 is 11.3 Å². The van der Waals surface area contributed by atoms with E-state index >= 15 is 0 Å². The van der Waals surface area contributed by atoms with Crippen molar-refractivity contribution >= 4 is 11.3 Å². The van der Waals surface area contributed by atoms with Crippen LogP contribution in [0.4, 0.5) is 0 Å². The number of thiophene rings is 1. The molecule has 23 heavy (non-hydrogen) atoms. The molecule has 0 saturated carbocycles. The van der Waals surface area contributed by atoms with E-state index in [1.165, 1.54) is 51.6 Å². The Morgan fingerprint density at radius 2 is 1.57 bits per heavy atom. The van der Waals surface area contributed by atoms with E-state index in [1.54, 1.807) is 4.88 Å². The lowest BCUT2D eigenvalue weighted by molar-refractivity contribution is 0.470. The Morgan fingerprint density at radius 1 is 1.00 bits per heavy atom. The van der Waals surface area contributed by atoms with Crippen molar-refractivity contribution in [3.05, 3.63) is 22.4 Å². The summed E-state index contributed by atoms with van der Waals surface area (Å²) >= 11 is 1.90. The molecule has 0 aromatic carbocycles. The van der Waals surface area contributed by atoms with Crippen LogP contribution in [-0.4, -0.2) is 13.1 Å². The van der Waals surface area contributed by atoms with Crippen LogP contribution in [0.1, 0.15) is 97.8 Å². The third-order valence-electron chi connectivity index (χ3n) is 3.77. The lowest BCUT2D eigenvalue weighted by atomic mass is 9.90. The Hall–Kier alpha value is -0.340. The van der Waals surface area contributed by atoms with E-state index in [4.69, 9.17) is 0 Å². The number of nitrogens with one attached hydrogen (secondary N) is 1. The molecule has 1 N–H and O–H groups in total. The van der Waals surface area contributed by atoms with Gasteiger partial charge in [-0.2, -0.15) is 0 Å². The summed E-state index contributed by atoms with van der Waals surface area (Å²) in [5, 5.41) is 5.53. The summed E-state index contributed by atoms with van der Waals surface area (Å²) in [6.45, 7) is 17.4. The van der Waals surface area contributed by atoms with Crippen molar-refractivity contribution in [2.45, 2.75) is 92.9 Å². The molecule has 0 spiro atoms. The summed E-state index contributed by atoms with van der Waals surface area (Å²) in [5.41, 5.74) is 0. The normalized spacial score (nSPS) is 15.0. The van der Waals surface area contributed by atoms with Crippen molar-refractivity contribution < 1.29 is 0 Å². The number of hydrogen-bond acceptors (Lipinski definition) is 2. The first kappa shape index (κ1) is 24.9. The molecule has 1 unspecified atom stereocenters. The summed E-state index contributed by atoms with van der Waals surface area (Å²) in [6.07, 6.45) is 8.28. The second-order valence-corrected chi connectivity index (χ2v) is 6.80. The molecule has 1 aromatic heterocycles. The van der Waals surface area contributed by atoms with Gasteiger partial charge in [-0.05, 0) is 55.6 Å². The molecule has 0 amide bonds. The van der Waals surface area contributed by atoms with Crippen LogP contribution in [-0.2, 0) is 0 Å². The van der Waals surface area contributed by atoms with Crippen LogP contribution in [0.15, 0.2) is 17.5 Å². The van der Waals surface area contributed by atoms with Crippen molar-refractivity contribution in [3.63, 3.8) is 0 Å². The van der Waals surface area contributed by atoms with Gasteiger partial charge in [0.05, 0.1) is 0 Å². The first-order chi connectivity index (χ1) is 11.3. The smallest absolute Gasteiger partial charge is 0.00787 e. The van der Waals surface area contributed by atoms with Gasteiger partial charge in [0.2, 0.25) is 0 Å². The first-order valence-electron chi connectivity index (χ1n) is 9.99. The van der Waals surface area contributed by atoms with Crippen molar-refractivity contribution in [2.75, 3.05) is 13.1 Å². The van der Waals surface area contributed by atoms with Gasteiger partial charge in [0.15, 0.2) is 0 Å². The van der Waals surface area contributed by atoms with Crippen LogP contribution in [0.25, 0.3) is 0 Å². The highest BCUT2D eigenvalue weighted by Crippen LogP contribution is 2.31. The summed E-state index contributed by atoms with van der Waals surface area (Å²) in [4.78, 5) is 1.56. The summed E-state index contributed by atoms with van der Waals surface area (Å²) in [5.74, 6) is 1.57. The molecule has 1 aliphatic rings. The van der Waals surface area contributed by atoms with E-state index in [2.05, 4.69) is 43.6 Å². The maximum atomic E-state index is 3.35. The van der Waals surface area contributed by atoms with E-state index < -0.39 is 0 Å². The molecular weight excluding hydrogens is 298 g/mol. The minimum Gasteiger partial charge on any atom is -0.317 e. The van der Waals surface area contributed by atoms with Gasteiger partial charge in [-0.3, -0.25) is 0 Å². The molecular formula is C21H43NS. The zero-order valence-electron chi connectivity index (χ0n) is 17.0. The molecule has 0 radical (unpaired) electrons. The highest BCUT2D eigenvalue weighted by Gasteiger charge is 2.14. The van der Waals surface area contributed by atoms with Gasteiger partial charge < -0.3 is 5.32 Å². The quantitative estimate of drug-likeness (QED) is 0.598. The topological polar surface area (TPSA) is 12.0 Å². The molecule has 2 heterocycles. The molecule has 1 aliphatic heterocycles. The molecule has 2 rings (SSSR count). The van der Waals surface area contributed by atoms with Gasteiger partial charge in [0.1, 0.15) is 0 Å². The van der Waals surface area contributed by atoms with E-state index in [0.717, 1.165) is 11.8 Å². The molecule has 0 bridgehead atoms. The fourth-order valence-corrected chi connectivity index (χ4v) is 3.63. The Balaban J connectivity index is 0. The Morgan fingerprint density at radius 3 is 1.96 bits per heavy atom. The van der Waals surface area contributed by atoms with Crippen LogP contribution in [0.5, 0.6) is 0 Å². The predicted molar refractivity (Wildman–Crippen MR) is 111 cm³/mol. The van der Waals surface area contributed by atoms with Crippen molar-refractivity contribution in [2.24, 2.45) is 5.92 Å². The Labute approximate surface area is 151 Å². The van der Waals surface area contributed by atoms with Gasteiger partial charge in [0.25, 0.3) is 0 Å². The second kappa shape index (κ2) is 19.7. The van der Waals surface area contributed by atoms with E-state index in [1.807, 2.05) is 39.0 Å². The van der Waals surface area contributed by atoms with Crippen LogP contribution in [0.3, 0.4) is 0 Å². The van der Waals surface area contributed by atoms with Crippen molar-refractivity contribution in [1.29, 1.82) is 0 Å². The molecule has 2 heteroatoms. The highest BCUT2D eigenvalue weighted by molar-refractivity contribution is 7.10. The molecule has 0 aliphatic carbocycles. The lowest BCUT2D eigenvalue weighted by Crippen LogP contribution is -2.12. The summed E-state index contributed by atoms with van der Waals surface area (Å²) in [7, 11) is 0. The maximum Gasteiger partial charge on any atom is 0.00787 e. The second-order valence-electron chi connectivity index (χ2n) is 5.82. The Bertz CT molecular complexity index is 273. The van der Waals surface area contributed by atoms with Crippen molar-refractivity contribution in [1.82, 2.24) is 5.32 Å². The largest absolute Gasteiger partial charge is 0.317 e. The Kier molecular flexibility index (Phi) is 21.3. The average Bonchev–Trinajstić information content (AvgIpc) is 2.95. The van der Waals surface area contributed by atoms with Gasteiger partial charge >= 0.3 is 0 Å². The minimum atomic E-state index is 0.781. The monoisotopic (exact) mass is 341 g/mol. The minimum absolute atomic E-state index is 0.781. The molecule has 1 aromatic rings. The zero-order chi connectivity index (χ0) is 17.9. The predicted octanol–water partition coefficient (Wildman–Crippen LogP) is 7.49. The van der Waals surface area contributed by atoms with Gasteiger partial charge in [-0.15, -0.1) is 11.3 Å². The van der Waals surface area contributed by atoms with Gasteiger partial charge in [0, 0.05) is 4.88 Å². The van der Waals surface area contributed by atoms with E-state index in [0.29, 0.717) is 0 Å². The van der Waals surface area contributed by atoms with E-state index in [-0.39, 0.29) is 0 Å². The lowest BCUT2D eigenvalue weighted by Gasteiger charge is -2.18. The maximum absolute atomic E-state index is 3.35. The fraction of sp³-hybridized carbons (Fsp3) is 0.810. The SMILES string of the molecule is C1CCCNCC1.CC.CC.CCCC(c1cccs1)C(C)C. The van der Waals surface area contributed by atoms with Crippen molar-refractivity contribution in [3.8, 4) is 0 Å².